The fourth-order valence-electron chi connectivity index (χ4n) is 3.75. The van der Waals surface area contributed by atoms with Crippen molar-refractivity contribution in [3.8, 4) is 0 Å². The minimum atomic E-state index is -0.737. The number of hydrazine groups is 1. The van der Waals surface area contributed by atoms with Crippen LogP contribution in [0.4, 0.5) is 23.1 Å². The van der Waals surface area contributed by atoms with E-state index in [1.54, 1.807) is 16.2 Å². The highest BCUT2D eigenvalue weighted by atomic mass is 16.2. The Kier molecular flexibility index (Phi) is 6.45. The molecule has 1 saturated heterocycles. The molecule has 2 aliphatic rings. The number of hydrogen-bond acceptors (Lipinski definition) is 10. The van der Waals surface area contributed by atoms with Crippen molar-refractivity contribution in [2.75, 3.05) is 42.0 Å². The van der Waals surface area contributed by atoms with Gasteiger partial charge in [-0.2, -0.15) is 15.2 Å². The predicted octanol–water partition coefficient (Wildman–Crippen LogP) is 0.638. The maximum atomic E-state index is 12.0. The number of benzene rings is 1. The summed E-state index contributed by atoms with van der Waals surface area (Å²) in [7, 11) is 1.84. The maximum absolute atomic E-state index is 12.0. The van der Waals surface area contributed by atoms with E-state index in [1.807, 2.05) is 36.2 Å². The summed E-state index contributed by atoms with van der Waals surface area (Å²) in [6.45, 7) is 5.45. The van der Waals surface area contributed by atoms with Crippen molar-refractivity contribution in [1.82, 2.24) is 25.5 Å². The van der Waals surface area contributed by atoms with E-state index in [4.69, 9.17) is 5.73 Å². The standard InChI is InChI=1S/C21H26N10O2/c1-3-17(32)30-12-4-5-16(13-30)29(2)21-26-20(18(19(22)33)27-28-21)25-14-6-8-15(9-7-14)31-23-10-11-24-31/h3,6-10,16,24H,1,4-5,11-13H2,2H3,(H2,22,33)(H,25,26,28). The summed E-state index contributed by atoms with van der Waals surface area (Å²) in [4.78, 5) is 32.1. The zero-order valence-electron chi connectivity index (χ0n) is 18.3. The monoisotopic (exact) mass is 450 g/mol. The molecule has 0 spiro atoms. The molecular weight excluding hydrogens is 424 g/mol. The van der Waals surface area contributed by atoms with Crippen molar-refractivity contribution in [2.45, 2.75) is 18.9 Å². The third kappa shape index (κ3) is 4.90. The summed E-state index contributed by atoms with van der Waals surface area (Å²) in [5.41, 5.74) is 10.1. The predicted molar refractivity (Wildman–Crippen MR) is 125 cm³/mol. The average Bonchev–Trinajstić information content (AvgIpc) is 3.38. The van der Waals surface area contributed by atoms with Crippen LogP contribution in [0.15, 0.2) is 42.0 Å². The fourth-order valence-corrected chi connectivity index (χ4v) is 3.75. The molecule has 2 aliphatic heterocycles. The van der Waals surface area contributed by atoms with E-state index in [0.717, 1.165) is 18.5 Å². The van der Waals surface area contributed by atoms with Gasteiger partial charge in [0.05, 0.1) is 12.2 Å². The Morgan fingerprint density at radius 2 is 2.09 bits per heavy atom. The molecular formula is C21H26N10O2. The third-order valence-electron chi connectivity index (χ3n) is 5.56. The number of likely N-dealkylation sites (tertiary alicyclic amines) is 1. The van der Waals surface area contributed by atoms with Crippen molar-refractivity contribution in [2.24, 2.45) is 10.8 Å². The SMILES string of the molecule is C=CC(=O)N1CCCC(N(C)c2nnc(C(N)=O)c(Nc3ccc(N4N=CCN4)cc3)n2)C1. The quantitative estimate of drug-likeness (QED) is 0.517. The first-order valence-electron chi connectivity index (χ1n) is 10.6. The number of primary amides is 1. The topological polar surface area (TPSA) is 145 Å². The summed E-state index contributed by atoms with van der Waals surface area (Å²) < 4.78 is 0. The number of nitrogens with one attached hydrogen (secondary N) is 2. The van der Waals surface area contributed by atoms with Gasteiger partial charge >= 0.3 is 0 Å². The molecule has 1 aromatic heterocycles. The molecule has 0 bridgehead atoms. The largest absolute Gasteiger partial charge is 0.364 e. The Labute approximate surface area is 191 Å². The number of nitrogens with zero attached hydrogens (tertiary/aromatic N) is 7. The van der Waals surface area contributed by atoms with Crippen LogP contribution in [0.2, 0.25) is 0 Å². The van der Waals surface area contributed by atoms with Gasteiger partial charge in [0.1, 0.15) is 0 Å². The van der Waals surface area contributed by atoms with Crippen molar-refractivity contribution >= 4 is 41.2 Å². The Morgan fingerprint density at radius 3 is 2.76 bits per heavy atom. The first-order chi connectivity index (χ1) is 16.0. The fraction of sp³-hybridized carbons (Fsp3) is 0.333. The lowest BCUT2D eigenvalue weighted by atomic mass is 10.0. The van der Waals surface area contributed by atoms with E-state index in [9.17, 15) is 9.59 Å². The number of hydrazone groups is 1. The van der Waals surface area contributed by atoms with E-state index < -0.39 is 5.91 Å². The number of carbonyl (C=O) groups is 2. The Morgan fingerprint density at radius 1 is 1.30 bits per heavy atom. The number of nitrogens with two attached hydrogens (primary N) is 1. The molecule has 172 valence electrons. The normalized spacial score (nSPS) is 17.7. The zero-order chi connectivity index (χ0) is 23.4. The molecule has 1 fully saturated rings. The van der Waals surface area contributed by atoms with Gasteiger partial charge < -0.3 is 20.9 Å². The van der Waals surface area contributed by atoms with Gasteiger partial charge in [0.25, 0.3) is 5.91 Å². The number of piperidine rings is 1. The van der Waals surface area contributed by atoms with Crippen LogP contribution in [-0.2, 0) is 4.79 Å². The number of carbonyl (C=O) groups excluding carboxylic acids is 2. The lowest BCUT2D eigenvalue weighted by molar-refractivity contribution is -0.127. The van der Waals surface area contributed by atoms with Crippen LogP contribution >= 0.6 is 0 Å². The minimum Gasteiger partial charge on any atom is -0.364 e. The van der Waals surface area contributed by atoms with Crippen LogP contribution in [0, 0.1) is 0 Å². The first-order valence-corrected chi connectivity index (χ1v) is 10.6. The molecule has 4 rings (SSSR count). The molecule has 12 heteroatoms. The molecule has 0 aliphatic carbocycles. The van der Waals surface area contributed by atoms with Gasteiger partial charge in [-0.25, -0.2) is 5.43 Å². The molecule has 2 aromatic rings. The first kappa shape index (κ1) is 22.1. The maximum Gasteiger partial charge on any atom is 0.273 e. The summed E-state index contributed by atoms with van der Waals surface area (Å²) in [5.74, 6) is -0.303. The number of amides is 2. The van der Waals surface area contributed by atoms with Crippen LogP contribution in [0.25, 0.3) is 0 Å². The summed E-state index contributed by atoms with van der Waals surface area (Å²) in [6, 6.07) is 7.42. The van der Waals surface area contributed by atoms with Gasteiger partial charge in [-0.3, -0.25) is 9.59 Å². The van der Waals surface area contributed by atoms with Crippen LogP contribution in [0.5, 0.6) is 0 Å². The van der Waals surface area contributed by atoms with Gasteiger partial charge in [-0.05, 0) is 43.2 Å². The molecule has 1 aromatic carbocycles. The average molecular weight is 451 g/mol. The Balaban J connectivity index is 1.54. The van der Waals surface area contributed by atoms with Crippen LogP contribution in [0.1, 0.15) is 23.3 Å². The highest BCUT2D eigenvalue weighted by molar-refractivity contribution is 5.96. The van der Waals surface area contributed by atoms with Crippen LogP contribution in [-0.4, -0.2) is 70.8 Å². The minimum absolute atomic E-state index is 0.00419. The van der Waals surface area contributed by atoms with Crippen LogP contribution < -0.4 is 26.5 Å². The van der Waals surface area contributed by atoms with E-state index in [0.29, 0.717) is 31.3 Å². The molecule has 4 N–H and O–H groups in total. The summed E-state index contributed by atoms with van der Waals surface area (Å²) >= 11 is 0. The molecule has 1 atom stereocenters. The number of hydrogen-bond donors (Lipinski definition) is 3. The van der Waals surface area contributed by atoms with Crippen LogP contribution in [0.3, 0.4) is 0 Å². The van der Waals surface area contributed by atoms with Gasteiger partial charge in [-0.15, -0.1) is 10.2 Å². The summed E-state index contributed by atoms with van der Waals surface area (Å²) in [6.07, 6.45) is 4.82. The second kappa shape index (κ2) is 9.61. The zero-order valence-corrected chi connectivity index (χ0v) is 18.3. The molecule has 2 amide bonds. The lowest BCUT2D eigenvalue weighted by Gasteiger charge is -2.37. The second-order valence-electron chi connectivity index (χ2n) is 7.71. The molecule has 12 nitrogen and oxygen atoms in total. The summed E-state index contributed by atoms with van der Waals surface area (Å²) in [5, 5.41) is 17.1. The molecule has 0 saturated carbocycles. The van der Waals surface area contributed by atoms with Crippen molar-refractivity contribution in [1.29, 1.82) is 0 Å². The number of anilines is 4. The van der Waals surface area contributed by atoms with Gasteiger partial charge in [0.2, 0.25) is 11.9 Å². The Bertz CT molecular complexity index is 1070. The van der Waals surface area contributed by atoms with Gasteiger partial charge in [0.15, 0.2) is 11.5 Å². The number of aromatic nitrogens is 3. The molecule has 3 heterocycles. The molecule has 0 radical (unpaired) electrons. The number of likely N-dealkylation sites (N-methyl/N-ethyl adjacent to an activating group) is 1. The molecule has 33 heavy (non-hydrogen) atoms. The van der Waals surface area contributed by atoms with E-state index >= 15 is 0 Å². The third-order valence-corrected chi connectivity index (χ3v) is 5.56. The van der Waals surface area contributed by atoms with E-state index in [2.05, 4.69) is 37.6 Å². The highest BCUT2D eigenvalue weighted by Crippen LogP contribution is 2.24. The van der Waals surface area contributed by atoms with E-state index in [1.165, 1.54) is 6.08 Å². The highest BCUT2D eigenvalue weighted by Gasteiger charge is 2.27. The smallest absolute Gasteiger partial charge is 0.273 e. The molecule has 1 unspecified atom stereocenters. The van der Waals surface area contributed by atoms with Crippen molar-refractivity contribution < 1.29 is 9.59 Å². The second-order valence-corrected chi connectivity index (χ2v) is 7.71. The van der Waals surface area contributed by atoms with Gasteiger partial charge in [-0.1, -0.05) is 6.58 Å². The lowest BCUT2D eigenvalue weighted by Crippen LogP contribution is -2.48. The van der Waals surface area contributed by atoms with Gasteiger partial charge in [0, 0.05) is 38.1 Å². The van der Waals surface area contributed by atoms with Crippen molar-refractivity contribution in [3.05, 3.63) is 42.6 Å². The number of rotatable bonds is 7. The van der Waals surface area contributed by atoms with E-state index in [-0.39, 0.29) is 23.5 Å². The van der Waals surface area contributed by atoms with Crippen molar-refractivity contribution in [3.63, 3.8) is 0 Å². The Hall–Kier alpha value is -4.06.